The standard InChI is InChI=1S/C14H17F3N8OS3/c1-2-3-19-10-11(25-29(26)24-10)20-4-5-27-6-9-7-28-13(22-9)23-12(18)21-8-14(15,16)17/h1,7H,3-6,8H2,(H,19,24)(H,20,25)(H3,18,21,22,23). The van der Waals surface area contributed by atoms with Gasteiger partial charge in [-0.3, -0.25) is 4.99 Å². The fraction of sp³-hybridized carbons (Fsp3) is 0.429. The Kier molecular flexibility index (Phi) is 8.76. The van der Waals surface area contributed by atoms with Crippen molar-refractivity contribution in [2.75, 3.05) is 30.7 Å². The average Bonchev–Trinajstić information content (AvgIpc) is 3.23. The van der Waals surface area contributed by atoms with E-state index in [0.717, 1.165) is 5.69 Å². The van der Waals surface area contributed by atoms with E-state index in [-0.39, 0.29) is 12.5 Å². The predicted molar refractivity (Wildman–Crippen MR) is 108 cm³/mol. The summed E-state index contributed by atoms with van der Waals surface area (Å²) in [6.07, 6.45) is 0.740. The van der Waals surface area contributed by atoms with Crippen LogP contribution in [0.5, 0.6) is 0 Å². The van der Waals surface area contributed by atoms with Crippen molar-refractivity contribution in [2.45, 2.75) is 11.9 Å². The smallest absolute Gasteiger partial charge is 0.408 e. The van der Waals surface area contributed by atoms with Gasteiger partial charge in [0.25, 0.3) is 0 Å². The number of H-pyrrole nitrogens is 2. The lowest BCUT2D eigenvalue weighted by atomic mass is 10.6. The summed E-state index contributed by atoms with van der Waals surface area (Å²) in [5.74, 6) is 3.26. The number of nitrogens with zero attached hydrogens (tertiary/aromatic N) is 4. The quantitative estimate of drug-likeness (QED) is 0.152. The molecule has 1 atom stereocenters. The van der Waals surface area contributed by atoms with Crippen LogP contribution in [0.2, 0.25) is 0 Å². The molecular weight excluding hydrogens is 449 g/mol. The molecule has 2 aromatic heterocycles. The zero-order chi connectivity index (χ0) is 21.3. The van der Waals surface area contributed by atoms with Crippen LogP contribution in [-0.2, 0) is 5.75 Å². The Balaban J connectivity index is 1.80. The van der Waals surface area contributed by atoms with Gasteiger partial charge in [-0.25, -0.2) is 15.0 Å². The van der Waals surface area contributed by atoms with Crippen LogP contribution in [0.1, 0.15) is 5.69 Å². The lowest BCUT2D eigenvalue weighted by molar-refractivity contribution is -0.118. The molecule has 29 heavy (non-hydrogen) atoms. The Morgan fingerprint density at radius 1 is 1.41 bits per heavy atom. The molecular formula is C14H17F3N8OS3. The van der Waals surface area contributed by atoms with Gasteiger partial charge < -0.3 is 15.6 Å². The third-order valence-electron chi connectivity index (χ3n) is 2.90. The van der Waals surface area contributed by atoms with E-state index >= 15 is 0 Å². The molecule has 15 heteroatoms. The molecule has 5 N–H and O–H groups in total. The number of thiazole rings is 1. The molecule has 0 aliphatic carbocycles. The number of aromatic amines is 2. The van der Waals surface area contributed by atoms with Gasteiger partial charge in [0.05, 0.1) is 12.2 Å². The third-order valence-corrected chi connectivity index (χ3v) is 5.44. The van der Waals surface area contributed by atoms with Crippen LogP contribution < -0.4 is 22.0 Å². The summed E-state index contributed by atoms with van der Waals surface area (Å²) in [5, 5.41) is 4.67. The van der Waals surface area contributed by atoms with Gasteiger partial charge in [0, 0.05) is 16.9 Å². The second-order valence-corrected chi connectivity index (χ2v) is 8.12. The lowest BCUT2D eigenvalue weighted by Crippen LogP contribution is -2.26. The van der Waals surface area contributed by atoms with Crippen molar-refractivity contribution in [3.63, 3.8) is 0 Å². The van der Waals surface area contributed by atoms with E-state index < -0.39 is 23.9 Å². The zero-order valence-corrected chi connectivity index (χ0v) is 17.3. The van der Waals surface area contributed by atoms with Gasteiger partial charge in [0.2, 0.25) is 11.0 Å². The number of anilines is 1. The largest absolute Gasteiger partial charge is 0.549 e. The van der Waals surface area contributed by atoms with Gasteiger partial charge in [-0.1, -0.05) is 5.92 Å². The predicted octanol–water partition coefficient (Wildman–Crippen LogP) is 1.18. The molecule has 2 aromatic rings. The molecule has 0 aliphatic heterocycles. The number of alkyl halides is 3. The van der Waals surface area contributed by atoms with Gasteiger partial charge in [0.15, 0.2) is 11.1 Å². The Hall–Kier alpha value is -2.28. The first-order valence-corrected chi connectivity index (χ1v) is 11.1. The van der Waals surface area contributed by atoms with Crippen molar-refractivity contribution < 1.29 is 17.7 Å². The highest BCUT2D eigenvalue weighted by molar-refractivity contribution is 7.98. The molecule has 9 nitrogen and oxygen atoms in total. The first kappa shape index (κ1) is 23.0. The van der Waals surface area contributed by atoms with E-state index in [2.05, 4.69) is 39.9 Å². The summed E-state index contributed by atoms with van der Waals surface area (Å²) in [7, 11) is 0. The first-order chi connectivity index (χ1) is 13.8. The zero-order valence-electron chi connectivity index (χ0n) is 14.8. The lowest BCUT2D eigenvalue weighted by Gasteiger charge is -2.04. The number of hydrogen-bond acceptors (Lipinski definition) is 7. The summed E-state index contributed by atoms with van der Waals surface area (Å²) >= 11 is 1.31. The van der Waals surface area contributed by atoms with Gasteiger partial charge >= 0.3 is 6.18 Å². The molecule has 158 valence electrons. The molecule has 0 aromatic carbocycles. The summed E-state index contributed by atoms with van der Waals surface area (Å²) in [6, 6.07) is 0. The molecule has 0 fully saturated rings. The first-order valence-electron chi connectivity index (χ1n) is 7.90. The topological polar surface area (TPSA) is 143 Å². The maximum Gasteiger partial charge on any atom is 0.408 e. The van der Waals surface area contributed by atoms with Gasteiger partial charge in [-0.05, 0) is 0 Å². The number of thioether (sulfide) groups is 1. The molecule has 0 bridgehead atoms. The van der Waals surface area contributed by atoms with Crippen molar-refractivity contribution in [1.82, 2.24) is 13.7 Å². The minimum Gasteiger partial charge on any atom is -0.549 e. The number of aliphatic imine (C=N–C) groups is 1. The van der Waals surface area contributed by atoms with Crippen LogP contribution in [0.15, 0.2) is 20.4 Å². The fourth-order valence-electron chi connectivity index (χ4n) is 1.79. The van der Waals surface area contributed by atoms with Crippen LogP contribution in [0.3, 0.4) is 0 Å². The van der Waals surface area contributed by atoms with Crippen LogP contribution in [-0.4, -0.2) is 55.8 Å². The normalized spacial score (nSPS) is 14.3. The minimum atomic E-state index is -4.41. The maximum atomic E-state index is 12.1. The van der Waals surface area contributed by atoms with Crippen molar-refractivity contribution in [2.24, 2.45) is 20.7 Å². The molecule has 0 saturated carbocycles. The second kappa shape index (κ2) is 11.0. The Bertz CT molecular complexity index is 995. The molecule has 0 saturated heterocycles. The third kappa shape index (κ3) is 8.73. The molecule has 2 heterocycles. The number of terminal acetylenes is 1. The van der Waals surface area contributed by atoms with Gasteiger partial charge in [-0.2, -0.15) is 33.7 Å². The Morgan fingerprint density at radius 3 is 2.83 bits per heavy atom. The number of hydrogen-bond donors (Lipinski definition) is 4. The highest BCUT2D eigenvalue weighted by Crippen LogP contribution is 2.19. The maximum absolute atomic E-state index is 12.1. The molecule has 0 aliphatic rings. The number of nitrogens with two attached hydrogens (primary N) is 1. The summed E-state index contributed by atoms with van der Waals surface area (Å²) < 4.78 is 53.0. The SMILES string of the molecule is C#CCN=c1[nH][s+]([O-])[nH]c1=NCCSCc1csc(NC(N)=NCC(F)(F)F)n1. The summed E-state index contributed by atoms with van der Waals surface area (Å²) in [4.78, 5) is 15.8. The van der Waals surface area contributed by atoms with E-state index in [0.29, 0.717) is 34.2 Å². The van der Waals surface area contributed by atoms with Crippen molar-refractivity contribution in [3.05, 3.63) is 22.0 Å². The van der Waals surface area contributed by atoms with E-state index in [4.69, 9.17) is 12.2 Å². The van der Waals surface area contributed by atoms with Gasteiger partial charge in [0.1, 0.15) is 24.2 Å². The monoisotopic (exact) mass is 466 g/mol. The van der Waals surface area contributed by atoms with Crippen LogP contribution in [0.25, 0.3) is 0 Å². The highest BCUT2D eigenvalue weighted by Gasteiger charge is 2.26. The van der Waals surface area contributed by atoms with Crippen LogP contribution in [0.4, 0.5) is 18.3 Å². The van der Waals surface area contributed by atoms with E-state index in [1.54, 1.807) is 17.1 Å². The van der Waals surface area contributed by atoms with E-state index in [1.165, 1.54) is 11.3 Å². The number of guanidine groups is 1. The molecule has 2 rings (SSSR count). The molecule has 0 amide bonds. The van der Waals surface area contributed by atoms with Crippen molar-refractivity contribution in [3.8, 4) is 12.3 Å². The fourth-order valence-corrected chi connectivity index (χ4v) is 4.06. The van der Waals surface area contributed by atoms with E-state index in [9.17, 15) is 17.7 Å². The number of rotatable bonds is 8. The highest BCUT2D eigenvalue weighted by atomic mass is 32.2. The number of nitrogens with one attached hydrogen (secondary N) is 3. The molecule has 1 unspecified atom stereocenters. The summed E-state index contributed by atoms with van der Waals surface area (Å²) in [5.41, 5.74) is 6.92. The van der Waals surface area contributed by atoms with E-state index in [1.807, 2.05) is 0 Å². The number of aromatic nitrogens is 3. The molecule has 0 spiro atoms. The van der Waals surface area contributed by atoms with Crippen LogP contribution in [0, 0.1) is 12.3 Å². The Labute approximate surface area is 174 Å². The minimum absolute atomic E-state index is 0.153. The molecule has 0 radical (unpaired) electrons. The van der Waals surface area contributed by atoms with Crippen molar-refractivity contribution in [1.29, 1.82) is 0 Å². The summed E-state index contributed by atoms with van der Waals surface area (Å²) in [6.45, 7) is -0.747. The van der Waals surface area contributed by atoms with Crippen LogP contribution >= 0.6 is 34.2 Å². The average molecular weight is 467 g/mol. The van der Waals surface area contributed by atoms with Gasteiger partial charge in [-0.15, -0.1) is 17.8 Å². The number of halogens is 3. The van der Waals surface area contributed by atoms with Crippen molar-refractivity contribution >= 4 is 45.3 Å². The second-order valence-electron chi connectivity index (χ2n) is 5.21. The Morgan fingerprint density at radius 2 is 2.14 bits per heavy atom.